The number of piperazine rings is 1. The molecule has 0 aromatic carbocycles. The minimum atomic E-state index is -4.44. The summed E-state index contributed by atoms with van der Waals surface area (Å²) in [7, 11) is 0. The molecule has 1 aliphatic heterocycles. The third-order valence-corrected chi connectivity index (χ3v) is 4.02. The lowest BCUT2D eigenvalue weighted by atomic mass is 10.3. The average molecular weight is 315 g/mol. The summed E-state index contributed by atoms with van der Waals surface area (Å²) in [5.74, 6) is 0.128. The van der Waals surface area contributed by atoms with Gasteiger partial charge in [0.25, 0.3) is 0 Å². The van der Waals surface area contributed by atoms with Crippen molar-refractivity contribution in [3.63, 3.8) is 0 Å². The number of nitrogens with zero attached hydrogens (tertiary/aromatic N) is 5. The number of anilines is 2. The molecule has 2 aromatic heterocycles. The molecule has 0 unspecified atom stereocenters. The fraction of sp³-hybridized carbons (Fsp3) is 0.417. The van der Waals surface area contributed by atoms with Crippen LogP contribution in [0.15, 0.2) is 23.8 Å². The van der Waals surface area contributed by atoms with Gasteiger partial charge in [0.15, 0.2) is 5.13 Å². The highest BCUT2D eigenvalue weighted by molar-refractivity contribution is 7.13. The third kappa shape index (κ3) is 3.07. The van der Waals surface area contributed by atoms with E-state index in [1.54, 1.807) is 22.4 Å². The second-order valence-corrected chi connectivity index (χ2v) is 5.40. The van der Waals surface area contributed by atoms with Gasteiger partial charge in [-0.1, -0.05) is 0 Å². The lowest BCUT2D eigenvalue weighted by molar-refractivity contribution is -0.141. The molecule has 21 heavy (non-hydrogen) atoms. The van der Waals surface area contributed by atoms with Crippen molar-refractivity contribution in [3.05, 3.63) is 29.5 Å². The molecule has 3 rings (SSSR count). The van der Waals surface area contributed by atoms with E-state index in [0.29, 0.717) is 26.2 Å². The molecule has 1 aliphatic rings. The highest BCUT2D eigenvalue weighted by Crippen LogP contribution is 2.28. The fourth-order valence-electron chi connectivity index (χ4n) is 2.13. The van der Waals surface area contributed by atoms with E-state index in [4.69, 9.17) is 0 Å². The monoisotopic (exact) mass is 315 g/mol. The zero-order valence-corrected chi connectivity index (χ0v) is 11.7. The van der Waals surface area contributed by atoms with E-state index in [2.05, 4.69) is 19.9 Å². The van der Waals surface area contributed by atoms with Gasteiger partial charge < -0.3 is 9.80 Å². The van der Waals surface area contributed by atoms with Crippen molar-refractivity contribution in [3.8, 4) is 0 Å². The molecule has 0 N–H and O–H groups in total. The Morgan fingerprint density at radius 2 is 1.71 bits per heavy atom. The predicted octanol–water partition coefficient (Wildman–Crippen LogP) is 2.28. The molecular weight excluding hydrogens is 303 g/mol. The van der Waals surface area contributed by atoms with Crippen LogP contribution in [0.1, 0.15) is 5.69 Å². The SMILES string of the molecule is FC(F)(F)c1ccnc(N2CCN(c3nccs3)CC2)n1. The van der Waals surface area contributed by atoms with Crippen LogP contribution in [0.2, 0.25) is 0 Å². The van der Waals surface area contributed by atoms with Crippen LogP contribution < -0.4 is 9.80 Å². The Bertz CT molecular complexity index is 593. The summed E-state index contributed by atoms with van der Waals surface area (Å²) in [6, 6.07) is 0.884. The second-order valence-electron chi connectivity index (χ2n) is 4.53. The summed E-state index contributed by atoms with van der Waals surface area (Å²) < 4.78 is 38.0. The van der Waals surface area contributed by atoms with Crippen LogP contribution in [0.3, 0.4) is 0 Å². The standard InChI is InChI=1S/C12H12F3N5S/c13-12(14,15)9-1-2-16-10(18-9)19-4-6-20(7-5-19)11-17-3-8-21-11/h1-3,8H,4-7H2. The number of rotatable bonds is 2. The topological polar surface area (TPSA) is 45.2 Å². The van der Waals surface area contributed by atoms with E-state index >= 15 is 0 Å². The van der Waals surface area contributed by atoms with Crippen molar-refractivity contribution in [2.24, 2.45) is 0 Å². The number of hydrogen-bond donors (Lipinski definition) is 0. The largest absolute Gasteiger partial charge is 0.433 e. The molecule has 0 amide bonds. The maximum absolute atomic E-state index is 12.7. The predicted molar refractivity (Wildman–Crippen MR) is 73.6 cm³/mol. The molecule has 0 aliphatic carbocycles. The summed E-state index contributed by atoms with van der Waals surface area (Å²) in [6.45, 7) is 2.52. The number of thiazole rings is 1. The quantitative estimate of drug-likeness (QED) is 0.851. The van der Waals surface area contributed by atoms with Gasteiger partial charge in [-0.2, -0.15) is 13.2 Å². The molecule has 0 spiro atoms. The van der Waals surface area contributed by atoms with Crippen LogP contribution in [0.25, 0.3) is 0 Å². The summed E-state index contributed by atoms with van der Waals surface area (Å²) in [4.78, 5) is 15.7. The molecular formula is C12H12F3N5S. The van der Waals surface area contributed by atoms with E-state index in [9.17, 15) is 13.2 Å². The van der Waals surface area contributed by atoms with Crippen LogP contribution in [0.5, 0.6) is 0 Å². The first-order valence-corrected chi connectivity index (χ1v) is 7.21. The molecule has 5 nitrogen and oxygen atoms in total. The summed E-state index contributed by atoms with van der Waals surface area (Å²) >= 11 is 1.55. The van der Waals surface area contributed by atoms with E-state index in [1.165, 1.54) is 0 Å². The van der Waals surface area contributed by atoms with Gasteiger partial charge in [0, 0.05) is 44.0 Å². The molecule has 0 radical (unpaired) electrons. The van der Waals surface area contributed by atoms with Crippen molar-refractivity contribution in [2.45, 2.75) is 6.18 Å². The second kappa shape index (κ2) is 5.47. The summed E-state index contributed by atoms with van der Waals surface area (Å²) in [5.41, 5.74) is -0.908. The summed E-state index contributed by atoms with van der Waals surface area (Å²) in [5, 5.41) is 2.83. The van der Waals surface area contributed by atoms with Gasteiger partial charge in [-0.25, -0.2) is 15.0 Å². The van der Waals surface area contributed by atoms with Crippen LogP contribution in [-0.2, 0) is 6.18 Å². The van der Waals surface area contributed by atoms with Crippen LogP contribution >= 0.6 is 11.3 Å². The van der Waals surface area contributed by atoms with Crippen molar-refractivity contribution < 1.29 is 13.2 Å². The number of hydrogen-bond acceptors (Lipinski definition) is 6. The van der Waals surface area contributed by atoms with Gasteiger partial charge in [0.1, 0.15) is 5.69 Å². The maximum Gasteiger partial charge on any atom is 0.433 e. The van der Waals surface area contributed by atoms with Gasteiger partial charge in [0.05, 0.1) is 0 Å². The number of halogens is 3. The molecule has 0 bridgehead atoms. The molecule has 3 heterocycles. The smallest absolute Gasteiger partial charge is 0.345 e. The van der Waals surface area contributed by atoms with E-state index in [-0.39, 0.29) is 5.95 Å². The van der Waals surface area contributed by atoms with E-state index in [1.807, 2.05) is 5.38 Å². The minimum absolute atomic E-state index is 0.128. The Balaban J connectivity index is 1.70. The molecule has 1 fully saturated rings. The molecule has 1 saturated heterocycles. The lowest BCUT2D eigenvalue weighted by Crippen LogP contribution is -2.47. The Kier molecular flexibility index (Phi) is 3.66. The first-order valence-electron chi connectivity index (χ1n) is 6.34. The Morgan fingerprint density at radius 3 is 2.33 bits per heavy atom. The van der Waals surface area contributed by atoms with Gasteiger partial charge in [-0.3, -0.25) is 0 Å². The maximum atomic E-state index is 12.7. The molecule has 9 heteroatoms. The molecule has 2 aromatic rings. The van der Waals surface area contributed by atoms with Crippen LogP contribution in [0, 0.1) is 0 Å². The Hall–Kier alpha value is -1.90. The van der Waals surface area contributed by atoms with Crippen molar-refractivity contribution in [1.29, 1.82) is 0 Å². The normalized spacial score (nSPS) is 16.3. The first kappa shape index (κ1) is 14.1. The minimum Gasteiger partial charge on any atom is -0.345 e. The Morgan fingerprint density at radius 1 is 1.00 bits per heavy atom. The van der Waals surface area contributed by atoms with Gasteiger partial charge >= 0.3 is 6.18 Å². The van der Waals surface area contributed by atoms with Gasteiger partial charge in [-0.15, -0.1) is 11.3 Å². The number of aromatic nitrogens is 3. The van der Waals surface area contributed by atoms with Crippen molar-refractivity contribution in [1.82, 2.24) is 15.0 Å². The first-order chi connectivity index (χ1) is 10.0. The molecule has 112 valence electrons. The fourth-order valence-corrected chi connectivity index (χ4v) is 2.83. The Labute approximate surface area is 123 Å². The molecule has 0 saturated carbocycles. The number of alkyl halides is 3. The van der Waals surface area contributed by atoms with Gasteiger partial charge in [-0.05, 0) is 6.07 Å². The third-order valence-electron chi connectivity index (χ3n) is 3.19. The summed E-state index contributed by atoms with van der Waals surface area (Å²) in [6.07, 6.45) is -1.55. The average Bonchev–Trinajstić information content (AvgIpc) is 3.01. The van der Waals surface area contributed by atoms with Crippen LogP contribution in [-0.4, -0.2) is 41.1 Å². The highest BCUT2D eigenvalue weighted by atomic mass is 32.1. The molecule has 0 atom stereocenters. The lowest BCUT2D eigenvalue weighted by Gasteiger charge is -2.34. The van der Waals surface area contributed by atoms with Gasteiger partial charge in [0.2, 0.25) is 5.95 Å². The van der Waals surface area contributed by atoms with Crippen molar-refractivity contribution >= 4 is 22.4 Å². The van der Waals surface area contributed by atoms with Crippen molar-refractivity contribution in [2.75, 3.05) is 36.0 Å². The zero-order valence-electron chi connectivity index (χ0n) is 10.9. The van der Waals surface area contributed by atoms with E-state index < -0.39 is 11.9 Å². The highest BCUT2D eigenvalue weighted by Gasteiger charge is 2.33. The zero-order chi connectivity index (χ0) is 14.9. The van der Waals surface area contributed by atoms with E-state index in [0.717, 1.165) is 17.4 Å². The van der Waals surface area contributed by atoms with Crippen LogP contribution in [0.4, 0.5) is 24.3 Å².